The zero-order chi connectivity index (χ0) is 19.5. The number of halogens is 1. The topological polar surface area (TPSA) is 42.4 Å². The molecule has 0 bridgehead atoms. The molecule has 1 aromatic heterocycles. The highest BCUT2D eigenvalue weighted by molar-refractivity contribution is 7.98. The standard InChI is InChI=1S/C21H21FN2O2S2/c1-27-17-8-9-18-19(12-17)28-21(23-18)24(13-16-3-2-10-26-16)20(25)11-14-4-6-15(22)7-5-14/h4-9,12,16H,2-3,10-11,13H2,1H3. The molecule has 28 heavy (non-hydrogen) atoms. The van der Waals surface area contributed by atoms with Gasteiger partial charge >= 0.3 is 0 Å². The first-order valence-electron chi connectivity index (χ1n) is 9.23. The number of nitrogens with zero attached hydrogens (tertiary/aromatic N) is 2. The molecule has 4 rings (SSSR count). The van der Waals surface area contributed by atoms with Crippen molar-refractivity contribution in [1.82, 2.24) is 4.98 Å². The average molecular weight is 417 g/mol. The molecule has 1 amide bonds. The van der Waals surface area contributed by atoms with Crippen LogP contribution >= 0.6 is 23.1 Å². The summed E-state index contributed by atoms with van der Waals surface area (Å²) in [5.41, 5.74) is 1.68. The molecule has 7 heteroatoms. The number of hydrogen-bond acceptors (Lipinski definition) is 5. The Morgan fingerprint density at radius 1 is 1.32 bits per heavy atom. The van der Waals surface area contributed by atoms with Crippen LogP contribution in [0.1, 0.15) is 18.4 Å². The fraction of sp³-hybridized carbons (Fsp3) is 0.333. The molecule has 1 atom stereocenters. The van der Waals surface area contributed by atoms with Gasteiger partial charge in [-0.3, -0.25) is 9.69 Å². The van der Waals surface area contributed by atoms with Crippen molar-refractivity contribution in [3.8, 4) is 0 Å². The molecule has 1 saturated heterocycles. The highest BCUT2D eigenvalue weighted by Crippen LogP contribution is 2.32. The number of benzene rings is 2. The quantitative estimate of drug-likeness (QED) is 0.536. The molecule has 2 heterocycles. The number of thioether (sulfide) groups is 1. The van der Waals surface area contributed by atoms with Crippen LogP contribution in [0.15, 0.2) is 47.4 Å². The monoisotopic (exact) mass is 416 g/mol. The van der Waals surface area contributed by atoms with Crippen molar-refractivity contribution < 1.29 is 13.9 Å². The van der Waals surface area contributed by atoms with Crippen molar-refractivity contribution in [2.75, 3.05) is 24.3 Å². The summed E-state index contributed by atoms with van der Waals surface area (Å²) in [5.74, 6) is -0.352. The maximum absolute atomic E-state index is 13.2. The minimum Gasteiger partial charge on any atom is -0.376 e. The van der Waals surface area contributed by atoms with Crippen LogP contribution < -0.4 is 4.90 Å². The molecular weight excluding hydrogens is 395 g/mol. The molecule has 0 aliphatic carbocycles. The second kappa shape index (κ2) is 8.59. The van der Waals surface area contributed by atoms with Crippen LogP contribution in [-0.4, -0.2) is 36.4 Å². The molecule has 3 aromatic rings. The molecule has 0 radical (unpaired) electrons. The largest absolute Gasteiger partial charge is 0.376 e. The van der Waals surface area contributed by atoms with Gasteiger partial charge in [0, 0.05) is 11.5 Å². The Hall–Kier alpha value is -1.96. The van der Waals surface area contributed by atoms with E-state index in [0.29, 0.717) is 11.7 Å². The number of amides is 1. The summed E-state index contributed by atoms with van der Waals surface area (Å²) in [6.45, 7) is 1.23. The first kappa shape index (κ1) is 19.4. The van der Waals surface area contributed by atoms with Gasteiger partial charge in [0.1, 0.15) is 5.82 Å². The Bertz CT molecular complexity index is 968. The fourth-order valence-electron chi connectivity index (χ4n) is 3.29. The lowest BCUT2D eigenvalue weighted by Crippen LogP contribution is -2.38. The number of fused-ring (bicyclic) bond motifs is 1. The minimum absolute atomic E-state index is 0.0333. The number of anilines is 1. The van der Waals surface area contributed by atoms with Crippen LogP contribution in [0.5, 0.6) is 0 Å². The third kappa shape index (κ3) is 4.37. The number of ether oxygens (including phenoxy) is 1. The van der Waals surface area contributed by atoms with Gasteiger partial charge in [0.05, 0.1) is 29.3 Å². The van der Waals surface area contributed by atoms with Gasteiger partial charge in [0.15, 0.2) is 5.13 Å². The second-order valence-electron chi connectivity index (χ2n) is 6.77. The summed E-state index contributed by atoms with van der Waals surface area (Å²) >= 11 is 3.21. The normalized spacial score (nSPS) is 16.6. The Labute approximate surface area is 171 Å². The molecule has 1 aliphatic rings. The van der Waals surface area contributed by atoms with Crippen LogP contribution in [0.25, 0.3) is 10.2 Å². The van der Waals surface area contributed by atoms with Gasteiger partial charge < -0.3 is 4.74 Å². The number of aromatic nitrogens is 1. The molecular formula is C21H21FN2O2S2. The lowest BCUT2D eigenvalue weighted by Gasteiger charge is -2.23. The molecule has 0 N–H and O–H groups in total. The van der Waals surface area contributed by atoms with Gasteiger partial charge in [0.25, 0.3) is 0 Å². The first-order chi connectivity index (χ1) is 13.6. The Balaban J connectivity index is 1.62. The number of thiazole rings is 1. The van der Waals surface area contributed by atoms with Crippen molar-refractivity contribution in [2.24, 2.45) is 0 Å². The predicted octanol–water partition coefficient (Wildman–Crippen LogP) is 4.91. The van der Waals surface area contributed by atoms with Gasteiger partial charge in [-0.15, -0.1) is 11.8 Å². The van der Waals surface area contributed by atoms with E-state index < -0.39 is 0 Å². The van der Waals surface area contributed by atoms with Gasteiger partial charge in [-0.2, -0.15) is 0 Å². The third-order valence-corrected chi connectivity index (χ3v) is 6.56. The van der Waals surface area contributed by atoms with Crippen molar-refractivity contribution in [3.63, 3.8) is 0 Å². The third-order valence-electron chi connectivity index (χ3n) is 4.80. The van der Waals surface area contributed by atoms with Crippen LogP contribution in [0, 0.1) is 5.82 Å². The summed E-state index contributed by atoms with van der Waals surface area (Å²) in [7, 11) is 0. The van der Waals surface area contributed by atoms with Crippen molar-refractivity contribution in [2.45, 2.75) is 30.3 Å². The Morgan fingerprint density at radius 2 is 2.14 bits per heavy atom. The van der Waals surface area contributed by atoms with E-state index in [1.807, 2.05) is 18.4 Å². The summed E-state index contributed by atoms with van der Waals surface area (Å²) in [6.07, 6.45) is 4.24. The van der Waals surface area contributed by atoms with E-state index in [9.17, 15) is 9.18 Å². The van der Waals surface area contributed by atoms with E-state index >= 15 is 0 Å². The van der Waals surface area contributed by atoms with Crippen LogP contribution in [0.3, 0.4) is 0 Å². The fourth-order valence-corrected chi connectivity index (χ4v) is 4.83. The molecule has 1 unspecified atom stereocenters. The number of carbonyl (C=O) groups excluding carboxylic acids is 1. The minimum atomic E-state index is -0.303. The van der Waals surface area contributed by atoms with E-state index in [-0.39, 0.29) is 24.2 Å². The van der Waals surface area contributed by atoms with Gasteiger partial charge in [-0.1, -0.05) is 23.5 Å². The number of hydrogen-bond donors (Lipinski definition) is 0. The molecule has 1 aliphatic heterocycles. The molecule has 146 valence electrons. The maximum Gasteiger partial charge on any atom is 0.233 e. The number of rotatable bonds is 6. The highest BCUT2D eigenvalue weighted by atomic mass is 32.2. The van der Waals surface area contributed by atoms with E-state index in [1.54, 1.807) is 28.8 Å². The van der Waals surface area contributed by atoms with Crippen molar-refractivity contribution in [1.29, 1.82) is 0 Å². The van der Waals surface area contributed by atoms with Crippen LogP contribution in [-0.2, 0) is 16.0 Å². The molecule has 1 fully saturated rings. The lowest BCUT2D eigenvalue weighted by molar-refractivity contribution is -0.118. The second-order valence-corrected chi connectivity index (χ2v) is 8.66. The average Bonchev–Trinajstić information content (AvgIpc) is 3.36. The SMILES string of the molecule is CSc1ccc2nc(N(CC3CCCO3)C(=O)Cc3ccc(F)cc3)sc2c1. The molecule has 4 nitrogen and oxygen atoms in total. The van der Waals surface area contributed by atoms with E-state index in [4.69, 9.17) is 9.72 Å². The Morgan fingerprint density at radius 3 is 2.86 bits per heavy atom. The highest BCUT2D eigenvalue weighted by Gasteiger charge is 2.26. The Kier molecular flexibility index (Phi) is 5.94. The molecule has 0 saturated carbocycles. The van der Waals surface area contributed by atoms with Crippen molar-refractivity contribution >= 4 is 44.4 Å². The summed E-state index contributed by atoms with van der Waals surface area (Å²) < 4.78 is 20.0. The van der Waals surface area contributed by atoms with Gasteiger partial charge in [0.2, 0.25) is 5.91 Å². The van der Waals surface area contributed by atoms with Gasteiger partial charge in [-0.05, 0) is 55.0 Å². The predicted molar refractivity (Wildman–Crippen MR) is 113 cm³/mol. The van der Waals surface area contributed by atoms with E-state index in [0.717, 1.165) is 35.2 Å². The first-order valence-corrected chi connectivity index (χ1v) is 11.3. The van der Waals surface area contributed by atoms with Crippen molar-refractivity contribution in [3.05, 3.63) is 53.8 Å². The smallest absolute Gasteiger partial charge is 0.233 e. The summed E-state index contributed by atoms with van der Waals surface area (Å²) in [4.78, 5) is 20.7. The zero-order valence-corrected chi connectivity index (χ0v) is 17.2. The maximum atomic E-state index is 13.2. The lowest BCUT2D eigenvalue weighted by atomic mass is 10.1. The molecule has 0 spiro atoms. The summed E-state index contributed by atoms with van der Waals surface area (Å²) in [6, 6.07) is 12.2. The molecule has 2 aromatic carbocycles. The van der Waals surface area contributed by atoms with E-state index in [2.05, 4.69) is 6.07 Å². The number of carbonyl (C=O) groups is 1. The zero-order valence-electron chi connectivity index (χ0n) is 15.6. The summed E-state index contributed by atoms with van der Waals surface area (Å²) in [5, 5.41) is 0.691. The van der Waals surface area contributed by atoms with Crippen LogP contribution in [0.2, 0.25) is 0 Å². The van der Waals surface area contributed by atoms with E-state index in [1.165, 1.54) is 28.4 Å². The van der Waals surface area contributed by atoms with Crippen LogP contribution in [0.4, 0.5) is 9.52 Å². The van der Waals surface area contributed by atoms with Gasteiger partial charge in [-0.25, -0.2) is 9.37 Å².